The van der Waals surface area contributed by atoms with Crippen molar-refractivity contribution in [1.29, 1.82) is 0 Å². The van der Waals surface area contributed by atoms with Gasteiger partial charge in [0, 0.05) is 6.20 Å². The Balaban J connectivity index is 1.91. The summed E-state index contributed by atoms with van der Waals surface area (Å²) in [6, 6.07) is 10.3. The number of aryl methyl sites for hydroxylation is 1. The molecular weight excluding hydrogens is 271 g/mol. The topological polar surface area (TPSA) is 61.4 Å². The standard InChI is InChI=1S/C16H15FN2O2/c1-11-2-7-14(15(20)10-11)19-16(21)18-9-8-12-3-5-13(17)6-4-12/h2-10,20H,1H3,(H2,18,19,21)/b9-8+. The van der Waals surface area contributed by atoms with E-state index in [1.807, 2.05) is 6.92 Å². The van der Waals surface area contributed by atoms with Crippen LogP contribution in [0.25, 0.3) is 6.08 Å². The van der Waals surface area contributed by atoms with Crippen molar-refractivity contribution in [2.24, 2.45) is 0 Å². The Bertz CT molecular complexity index is 666. The molecule has 4 nitrogen and oxygen atoms in total. The molecule has 0 aliphatic heterocycles. The van der Waals surface area contributed by atoms with Gasteiger partial charge in [-0.2, -0.15) is 0 Å². The smallest absolute Gasteiger partial charge is 0.323 e. The van der Waals surface area contributed by atoms with Gasteiger partial charge in [-0.3, -0.25) is 0 Å². The third-order valence-corrected chi connectivity index (χ3v) is 2.76. The first kappa shape index (κ1) is 14.6. The molecule has 0 bridgehead atoms. The highest BCUT2D eigenvalue weighted by Crippen LogP contribution is 2.23. The summed E-state index contributed by atoms with van der Waals surface area (Å²) in [6.45, 7) is 1.84. The Morgan fingerprint density at radius 1 is 1.19 bits per heavy atom. The zero-order valence-corrected chi connectivity index (χ0v) is 11.4. The molecule has 21 heavy (non-hydrogen) atoms. The third kappa shape index (κ3) is 4.35. The number of hydrogen-bond acceptors (Lipinski definition) is 2. The lowest BCUT2D eigenvalue weighted by Crippen LogP contribution is -2.23. The Morgan fingerprint density at radius 3 is 2.57 bits per heavy atom. The second kappa shape index (κ2) is 6.56. The van der Waals surface area contributed by atoms with Crippen LogP contribution in [0.1, 0.15) is 11.1 Å². The van der Waals surface area contributed by atoms with Gasteiger partial charge in [0.25, 0.3) is 0 Å². The molecule has 2 amide bonds. The Kier molecular flexibility index (Phi) is 4.56. The number of phenolic OH excluding ortho intramolecular Hbond substituents is 1. The van der Waals surface area contributed by atoms with Crippen molar-refractivity contribution in [3.05, 3.63) is 65.6 Å². The molecule has 0 saturated heterocycles. The fraction of sp³-hybridized carbons (Fsp3) is 0.0625. The van der Waals surface area contributed by atoms with Gasteiger partial charge >= 0.3 is 6.03 Å². The van der Waals surface area contributed by atoms with Gasteiger partial charge in [-0.1, -0.05) is 18.2 Å². The maximum absolute atomic E-state index is 12.7. The summed E-state index contributed by atoms with van der Waals surface area (Å²) in [5.74, 6) is -0.305. The summed E-state index contributed by atoms with van der Waals surface area (Å²) in [6.07, 6.45) is 3.07. The number of hydrogen-bond donors (Lipinski definition) is 3. The highest BCUT2D eigenvalue weighted by atomic mass is 19.1. The molecule has 2 aromatic rings. The van der Waals surface area contributed by atoms with Gasteiger partial charge < -0.3 is 15.7 Å². The van der Waals surface area contributed by atoms with Crippen molar-refractivity contribution < 1.29 is 14.3 Å². The summed E-state index contributed by atoms with van der Waals surface area (Å²) < 4.78 is 12.7. The van der Waals surface area contributed by atoms with Crippen molar-refractivity contribution in [2.75, 3.05) is 5.32 Å². The molecule has 3 N–H and O–H groups in total. The molecule has 0 radical (unpaired) electrons. The van der Waals surface area contributed by atoms with Gasteiger partial charge in [0.2, 0.25) is 0 Å². The van der Waals surface area contributed by atoms with E-state index in [0.717, 1.165) is 11.1 Å². The number of carbonyl (C=O) groups excluding carboxylic acids is 1. The number of benzene rings is 2. The van der Waals surface area contributed by atoms with Gasteiger partial charge in [-0.25, -0.2) is 9.18 Å². The van der Waals surface area contributed by atoms with Crippen molar-refractivity contribution >= 4 is 17.8 Å². The summed E-state index contributed by atoms with van der Waals surface area (Å²) in [4.78, 5) is 11.6. The number of anilines is 1. The number of rotatable bonds is 3. The molecule has 0 heterocycles. The van der Waals surface area contributed by atoms with Crippen LogP contribution >= 0.6 is 0 Å². The average molecular weight is 286 g/mol. The molecule has 2 rings (SSSR count). The number of halogens is 1. The van der Waals surface area contributed by atoms with Gasteiger partial charge in [-0.15, -0.1) is 0 Å². The van der Waals surface area contributed by atoms with E-state index in [1.165, 1.54) is 18.3 Å². The van der Waals surface area contributed by atoms with E-state index in [0.29, 0.717) is 5.69 Å². The zero-order valence-electron chi connectivity index (χ0n) is 11.4. The van der Waals surface area contributed by atoms with E-state index in [9.17, 15) is 14.3 Å². The summed E-state index contributed by atoms with van der Waals surface area (Å²) >= 11 is 0. The fourth-order valence-corrected chi connectivity index (χ4v) is 1.69. The summed E-state index contributed by atoms with van der Waals surface area (Å²) in [5, 5.41) is 14.7. The van der Waals surface area contributed by atoms with Crippen LogP contribution in [0.3, 0.4) is 0 Å². The minimum atomic E-state index is -0.479. The molecule has 0 aliphatic carbocycles. The van der Waals surface area contributed by atoms with Crippen LogP contribution in [0.2, 0.25) is 0 Å². The van der Waals surface area contributed by atoms with E-state index in [-0.39, 0.29) is 11.6 Å². The fourth-order valence-electron chi connectivity index (χ4n) is 1.69. The monoisotopic (exact) mass is 286 g/mol. The molecule has 0 atom stereocenters. The van der Waals surface area contributed by atoms with E-state index < -0.39 is 6.03 Å². The predicted octanol–water partition coefficient (Wildman–Crippen LogP) is 3.63. The predicted molar refractivity (Wildman–Crippen MR) is 80.4 cm³/mol. The van der Waals surface area contributed by atoms with Gasteiger partial charge in [0.15, 0.2) is 0 Å². The second-order valence-electron chi connectivity index (χ2n) is 4.50. The normalized spacial score (nSPS) is 10.6. The number of urea groups is 1. The van der Waals surface area contributed by atoms with Crippen molar-refractivity contribution in [2.45, 2.75) is 6.92 Å². The quantitative estimate of drug-likeness (QED) is 0.754. The first-order chi connectivity index (χ1) is 10.0. The maximum atomic E-state index is 12.7. The van der Waals surface area contributed by atoms with Crippen LogP contribution in [-0.2, 0) is 0 Å². The third-order valence-electron chi connectivity index (χ3n) is 2.76. The first-order valence-corrected chi connectivity index (χ1v) is 6.34. The number of phenols is 1. The average Bonchev–Trinajstić information content (AvgIpc) is 2.44. The number of aromatic hydroxyl groups is 1. The lowest BCUT2D eigenvalue weighted by Gasteiger charge is -2.07. The van der Waals surface area contributed by atoms with Crippen molar-refractivity contribution in [1.82, 2.24) is 5.32 Å². The highest BCUT2D eigenvalue weighted by Gasteiger charge is 2.04. The van der Waals surface area contributed by atoms with Crippen molar-refractivity contribution in [3.8, 4) is 5.75 Å². The lowest BCUT2D eigenvalue weighted by molar-refractivity contribution is 0.255. The van der Waals surface area contributed by atoms with Gasteiger partial charge in [0.05, 0.1) is 5.69 Å². The van der Waals surface area contributed by atoms with Crippen LogP contribution in [0.4, 0.5) is 14.9 Å². The minimum absolute atomic E-state index is 0.00710. The van der Waals surface area contributed by atoms with Crippen LogP contribution in [0, 0.1) is 12.7 Å². The SMILES string of the molecule is Cc1ccc(NC(=O)N/C=C/c2ccc(F)cc2)c(O)c1. The maximum Gasteiger partial charge on any atom is 0.323 e. The molecule has 5 heteroatoms. The van der Waals surface area contributed by atoms with Crippen LogP contribution in [0.15, 0.2) is 48.7 Å². The largest absolute Gasteiger partial charge is 0.506 e. The highest BCUT2D eigenvalue weighted by molar-refractivity contribution is 5.91. The van der Waals surface area contributed by atoms with Crippen LogP contribution < -0.4 is 10.6 Å². The number of carbonyl (C=O) groups is 1. The number of nitrogens with one attached hydrogen (secondary N) is 2. The molecule has 0 saturated carbocycles. The summed E-state index contributed by atoms with van der Waals surface area (Å²) in [7, 11) is 0. The molecule has 2 aromatic carbocycles. The van der Waals surface area contributed by atoms with E-state index in [2.05, 4.69) is 10.6 Å². The second-order valence-corrected chi connectivity index (χ2v) is 4.50. The molecular formula is C16H15FN2O2. The van der Waals surface area contributed by atoms with Gasteiger partial charge in [-0.05, 0) is 48.4 Å². The lowest BCUT2D eigenvalue weighted by atomic mass is 10.2. The van der Waals surface area contributed by atoms with Crippen LogP contribution in [-0.4, -0.2) is 11.1 Å². The molecule has 108 valence electrons. The minimum Gasteiger partial charge on any atom is -0.506 e. The molecule has 0 aliphatic rings. The van der Waals surface area contributed by atoms with Crippen LogP contribution in [0.5, 0.6) is 5.75 Å². The Labute approximate surface area is 121 Å². The Morgan fingerprint density at radius 2 is 1.90 bits per heavy atom. The first-order valence-electron chi connectivity index (χ1n) is 6.34. The van der Waals surface area contributed by atoms with E-state index >= 15 is 0 Å². The van der Waals surface area contributed by atoms with E-state index in [4.69, 9.17) is 0 Å². The summed E-state index contributed by atoms with van der Waals surface area (Å²) in [5.41, 5.74) is 1.98. The van der Waals surface area contributed by atoms with Crippen molar-refractivity contribution in [3.63, 3.8) is 0 Å². The van der Waals surface area contributed by atoms with E-state index in [1.54, 1.807) is 36.4 Å². The molecule has 0 fully saturated rings. The Hall–Kier alpha value is -2.82. The molecule has 0 spiro atoms. The number of amides is 2. The zero-order chi connectivity index (χ0) is 15.2. The molecule has 0 unspecified atom stereocenters. The van der Waals surface area contributed by atoms with Gasteiger partial charge in [0.1, 0.15) is 11.6 Å². The molecule has 0 aromatic heterocycles.